The molecule has 0 unspecified atom stereocenters. The van der Waals surface area contributed by atoms with Gasteiger partial charge in [0.1, 0.15) is 17.0 Å². The molecule has 1 aromatic carbocycles. The first-order valence-electron chi connectivity index (χ1n) is 6.00. The van der Waals surface area contributed by atoms with Crippen LogP contribution in [0, 0.1) is 0 Å². The van der Waals surface area contributed by atoms with Crippen molar-refractivity contribution in [3.63, 3.8) is 0 Å². The van der Waals surface area contributed by atoms with E-state index >= 15 is 0 Å². The van der Waals surface area contributed by atoms with Gasteiger partial charge in [0.25, 0.3) is 0 Å². The zero-order valence-electron chi connectivity index (χ0n) is 11.1. The number of methoxy groups -OCH3 is 2. The van der Waals surface area contributed by atoms with E-state index in [-0.39, 0.29) is 5.91 Å². The van der Waals surface area contributed by atoms with Crippen molar-refractivity contribution >= 4 is 32.6 Å². The van der Waals surface area contributed by atoms with Crippen molar-refractivity contribution in [2.24, 2.45) is 0 Å². The molecule has 0 aliphatic heterocycles. The summed E-state index contributed by atoms with van der Waals surface area (Å²) in [5, 5.41) is 3.38. The van der Waals surface area contributed by atoms with E-state index in [2.05, 4.69) is 10.3 Å². The fourth-order valence-corrected chi connectivity index (χ4v) is 2.64. The number of amides is 1. The van der Waals surface area contributed by atoms with Gasteiger partial charge in [0.15, 0.2) is 5.13 Å². The first-order chi connectivity index (χ1) is 9.17. The standard InChI is InChI=1S/C13H16N2O3S/c1-4-5-11(16)14-13-15-12-9(18-3)6-8(17-2)7-10(12)19-13/h6-7H,4-5H2,1-3H3,(H,14,15,16). The summed E-state index contributed by atoms with van der Waals surface area (Å²) in [7, 11) is 3.19. The van der Waals surface area contributed by atoms with Crippen LogP contribution in [0.1, 0.15) is 19.8 Å². The minimum Gasteiger partial charge on any atom is -0.497 e. The number of fused-ring (bicyclic) bond motifs is 1. The van der Waals surface area contributed by atoms with Crippen molar-refractivity contribution in [3.8, 4) is 11.5 Å². The Labute approximate surface area is 115 Å². The smallest absolute Gasteiger partial charge is 0.226 e. The van der Waals surface area contributed by atoms with Gasteiger partial charge < -0.3 is 14.8 Å². The molecule has 0 atom stereocenters. The molecule has 102 valence electrons. The van der Waals surface area contributed by atoms with Crippen LogP contribution >= 0.6 is 11.3 Å². The fourth-order valence-electron chi connectivity index (χ4n) is 1.71. The molecule has 0 aliphatic rings. The molecule has 1 aromatic heterocycles. The molecule has 1 amide bonds. The van der Waals surface area contributed by atoms with Gasteiger partial charge in [0.2, 0.25) is 5.91 Å². The van der Waals surface area contributed by atoms with Crippen LogP contribution in [0.15, 0.2) is 12.1 Å². The van der Waals surface area contributed by atoms with Gasteiger partial charge in [-0.15, -0.1) is 0 Å². The highest BCUT2D eigenvalue weighted by molar-refractivity contribution is 7.22. The molecule has 2 rings (SSSR count). The lowest BCUT2D eigenvalue weighted by Crippen LogP contribution is -2.09. The first kappa shape index (κ1) is 13.6. The Bertz CT molecular complexity index is 595. The topological polar surface area (TPSA) is 60.5 Å². The third kappa shape index (κ3) is 2.96. The van der Waals surface area contributed by atoms with Crippen LogP contribution in [-0.4, -0.2) is 25.1 Å². The molecule has 19 heavy (non-hydrogen) atoms. The van der Waals surface area contributed by atoms with Gasteiger partial charge in [-0.2, -0.15) is 0 Å². The minimum absolute atomic E-state index is 0.0208. The van der Waals surface area contributed by atoms with E-state index in [9.17, 15) is 4.79 Å². The van der Waals surface area contributed by atoms with E-state index in [0.717, 1.165) is 16.6 Å². The van der Waals surface area contributed by atoms with E-state index in [1.54, 1.807) is 20.3 Å². The molecule has 0 aliphatic carbocycles. The molecule has 0 bridgehead atoms. The lowest BCUT2D eigenvalue weighted by molar-refractivity contribution is -0.116. The predicted molar refractivity (Wildman–Crippen MR) is 76.3 cm³/mol. The Morgan fingerprint density at radius 3 is 2.79 bits per heavy atom. The molecule has 5 nitrogen and oxygen atoms in total. The van der Waals surface area contributed by atoms with Crippen molar-refractivity contribution in [1.82, 2.24) is 4.98 Å². The Balaban J connectivity index is 2.36. The van der Waals surface area contributed by atoms with Crippen LogP contribution in [0.4, 0.5) is 5.13 Å². The number of benzene rings is 1. The van der Waals surface area contributed by atoms with Gasteiger partial charge in [-0.3, -0.25) is 4.79 Å². The second-order valence-corrected chi connectivity index (χ2v) is 5.02. The summed E-state index contributed by atoms with van der Waals surface area (Å²) in [5.74, 6) is 1.33. The Morgan fingerprint density at radius 1 is 1.37 bits per heavy atom. The lowest BCUT2D eigenvalue weighted by atomic mass is 10.3. The van der Waals surface area contributed by atoms with Crippen molar-refractivity contribution < 1.29 is 14.3 Å². The van der Waals surface area contributed by atoms with Gasteiger partial charge in [0.05, 0.1) is 18.9 Å². The molecule has 0 spiro atoms. The van der Waals surface area contributed by atoms with E-state index in [1.165, 1.54) is 11.3 Å². The molecule has 1 N–H and O–H groups in total. The van der Waals surface area contributed by atoms with Crippen LogP contribution in [0.3, 0.4) is 0 Å². The van der Waals surface area contributed by atoms with Crippen LogP contribution in [0.25, 0.3) is 10.2 Å². The van der Waals surface area contributed by atoms with Gasteiger partial charge in [-0.1, -0.05) is 18.3 Å². The number of thiazole rings is 1. The number of ether oxygens (including phenoxy) is 2. The Morgan fingerprint density at radius 2 is 2.16 bits per heavy atom. The summed E-state index contributed by atoms with van der Waals surface area (Å²) in [6.45, 7) is 1.96. The molecule has 2 aromatic rings. The van der Waals surface area contributed by atoms with Gasteiger partial charge in [0, 0.05) is 12.5 Å². The second kappa shape index (κ2) is 5.88. The maximum atomic E-state index is 11.6. The van der Waals surface area contributed by atoms with Crippen LogP contribution in [0.2, 0.25) is 0 Å². The monoisotopic (exact) mass is 280 g/mol. The van der Waals surface area contributed by atoms with Gasteiger partial charge >= 0.3 is 0 Å². The third-order valence-corrected chi connectivity index (χ3v) is 3.53. The summed E-state index contributed by atoms with van der Waals surface area (Å²) < 4.78 is 11.4. The zero-order chi connectivity index (χ0) is 13.8. The average Bonchev–Trinajstić information content (AvgIpc) is 2.79. The molecular formula is C13H16N2O3S. The number of aromatic nitrogens is 1. The number of hydrogen-bond acceptors (Lipinski definition) is 5. The number of carbonyl (C=O) groups excluding carboxylic acids is 1. The highest BCUT2D eigenvalue weighted by Crippen LogP contribution is 2.36. The van der Waals surface area contributed by atoms with Gasteiger partial charge in [-0.25, -0.2) is 4.98 Å². The fraction of sp³-hybridized carbons (Fsp3) is 0.385. The van der Waals surface area contributed by atoms with E-state index in [1.807, 2.05) is 13.0 Å². The van der Waals surface area contributed by atoms with Crippen molar-refractivity contribution in [3.05, 3.63) is 12.1 Å². The van der Waals surface area contributed by atoms with E-state index < -0.39 is 0 Å². The number of hydrogen-bond donors (Lipinski definition) is 1. The highest BCUT2D eigenvalue weighted by Gasteiger charge is 2.12. The van der Waals surface area contributed by atoms with Gasteiger partial charge in [-0.05, 0) is 12.5 Å². The van der Waals surface area contributed by atoms with E-state index in [4.69, 9.17) is 9.47 Å². The molecule has 0 fully saturated rings. The molecule has 0 radical (unpaired) electrons. The number of anilines is 1. The molecular weight excluding hydrogens is 264 g/mol. The average molecular weight is 280 g/mol. The zero-order valence-corrected chi connectivity index (χ0v) is 12.0. The minimum atomic E-state index is -0.0208. The number of nitrogens with one attached hydrogen (secondary N) is 1. The summed E-state index contributed by atoms with van der Waals surface area (Å²) in [4.78, 5) is 16.0. The van der Waals surface area contributed by atoms with Crippen molar-refractivity contribution in [2.45, 2.75) is 19.8 Å². The Kier molecular flexibility index (Phi) is 4.21. The number of nitrogens with zero attached hydrogens (tertiary/aromatic N) is 1. The number of carbonyl (C=O) groups is 1. The van der Waals surface area contributed by atoms with Crippen molar-refractivity contribution in [2.75, 3.05) is 19.5 Å². The normalized spacial score (nSPS) is 10.5. The summed E-state index contributed by atoms with van der Waals surface area (Å²) in [6.07, 6.45) is 1.31. The largest absolute Gasteiger partial charge is 0.497 e. The quantitative estimate of drug-likeness (QED) is 0.914. The van der Waals surface area contributed by atoms with Crippen LogP contribution in [0.5, 0.6) is 11.5 Å². The van der Waals surface area contributed by atoms with Crippen LogP contribution in [-0.2, 0) is 4.79 Å². The molecule has 1 heterocycles. The molecule has 6 heteroatoms. The third-order valence-electron chi connectivity index (χ3n) is 2.61. The summed E-state index contributed by atoms with van der Waals surface area (Å²) in [6, 6.07) is 3.66. The molecule has 0 saturated heterocycles. The van der Waals surface area contributed by atoms with Crippen LogP contribution < -0.4 is 14.8 Å². The lowest BCUT2D eigenvalue weighted by Gasteiger charge is -2.03. The summed E-state index contributed by atoms with van der Waals surface area (Å²) >= 11 is 1.41. The van der Waals surface area contributed by atoms with Crippen molar-refractivity contribution in [1.29, 1.82) is 0 Å². The Hall–Kier alpha value is -1.82. The maximum Gasteiger partial charge on any atom is 0.226 e. The SMILES string of the molecule is CCCC(=O)Nc1nc2c(OC)cc(OC)cc2s1. The molecule has 0 saturated carbocycles. The predicted octanol–water partition coefficient (Wildman–Crippen LogP) is 3.05. The van der Waals surface area contributed by atoms with E-state index in [0.29, 0.717) is 23.1 Å². The summed E-state index contributed by atoms with van der Waals surface area (Å²) in [5.41, 5.74) is 0.736. The highest BCUT2D eigenvalue weighted by atomic mass is 32.1. The first-order valence-corrected chi connectivity index (χ1v) is 6.82. The number of rotatable bonds is 5. The second-order valence-electron chi connectivity index (χ2n) is 3.99. The maximum absolute atomic E-state index is 11.6.